The van der Waals surface area contributed by atoms with Crippen LogP contribution in [-0.2, 0) is 10.1 Å². The third-order valence-corrected chi connectivity index (χ3v) is 5.20. The number of carboxylic acids is 1. The van der Waals surface area contributed by atoms with Crippen LogP contribution in [0.4, 0.5) is 11.4 Å². The monoisotopic (exact) mass is 460 g/mol. The van der Waals surface area contributed by atoms with Gasteiger partial charge in [0, 0.05) is 11.5 Å². The van der Waals surface area contributed by atoms with Crippen molar-refractivity contribution in [2.75, 3.05) is 7.11 Å². The Labute approximate surface area is 222 Å². The smallest absolute Gasteiger partial charge is 0.871 e. The van der Waals surface area contributed by atoms with Gasteiger partial charge in [0.25, 0.3) is 10.1 Å². The van der Waals surface area contributed by atoms with Crippen molar-refractivity contribution in [3.63, 3.8) is 0 Å². The summed E-state index contributed by atoms with van der Waals surface area (Å²) in [6.07, 6.45) is 0. The largest absolute Gasteiger partial charge is 1.00 e. The van der Waals surface area contributed by atoms with Crippen molar-refractivity contribution in [2.45, 2.75) is 11.8 Å². The minimum Gasteiger partial charge on any atom is -0.871 e. The first-order valence-electron chi connectivity index (χ1n) is 8.15. The maximum absolute atomic E-state index is 12.5. The first-order chi connectivity index (χ1) is 13.6. The van der Waals surface area contributed by atoms with Crippen LogP contribution >= 0.6 is 0 Å². The second-order valence-corrected chi connectivity index (χ2v) is 7.47. The number of aryl methyl sites for hydroxylation is 1. The molecule has 0 spiro atoms. The van der Waals surface area contributed by atoms with Crippen LogP contribution in [0.2, 0.25) is 0 Å². The minimum atomic E-state index is -4.48. The maximum atomic E-state index is 12.5. The van der Waals surface area contributed by atoms with Crippen LogP contribution < -0.4 is 74.1 Å². The van der Waals surface area contributed by atoms with Crippen LogP contribution in [0.1, 0.15) is 15.9 Å². The quantitative estimate of drug-likeness (QED) is 0.233. The molecule has 0 bridgehead atoms. The number of benzene rings is 3. The van der Waals surface area contributed by atoms with Crippen LogP contribution in [-0.4, -0.2) is 26.0 Å². The van der Waals surface area contributed by atoms with Gasteiger partial charge in [-0.1, -0.05) is 30.0 Å². The van der Waals surface area contributed by atoms with Gasteiger partial charge in [-0.25, -0.2) is 0 Å². The van der Waals surface area contributed by atoms with Gasteiger partial charge in [0.15, 0.2) is 0 Å². The Morgan fingerprint density at radius 1 is 1.10 bits per heavy atom. The van der Waals surface area contributed by atoms with E-state index in [-0.39, 0.29) is 86.7 Å². The van der Waals surface area contributed by atoms with Crippen molar-refractivity contribution in [1.82, 2.24) is 0 Å². The van der Waals surface area contributed by atoms with Gasteiger partial charge >= 0.3 is 59.1 Å². The average Bonchev–Trinajstić information content (AvgIpc) is 2.65. The van der Waals surface area contributed by atoms with Crippen LogP contribution in [0.15, 0.2) is 57.6 Å². The summed E-state index contributed by atoms with van der Waals surface area (Å²) in [5, 5.41) is 32.5. The molecule has 12 heteroatoms. The summed E-state index contributed by atoms with van der Waals surface area (Å²) in [4.78, 5) is 10.9. The topological polar surface area (TPSA) is 152 Å². The van der Waals surface area contributed by atoms with Crippen LogP contribution in [0.5, 0.6) is 11.5 Å². The molecule has 0 atom stereocenters. The van der Waals surface area contributed by atoms with E-state index >= 15 is 0 Å². The Hall–Kier alpha value is -1.50. The number of rotatable bonds is 5. The Balaban J connectivity index is 0.00000240. The van der Waals surface area contributed by atoms with Crippen molar-refractivity contribution in [3.05, 3.63) is 53.6 Å². The normalized spacial score (nSPS) is 11.1. The van der Waals surface area contributed by atoms with Crippen molar-refractivity contribution < 1.29 is 91.8 Å². The first kappa shape index (κ1) is 27.5. The summed E-state index contributed by atoms with van der Waals surface area (Å²) >= 11 is 0. The van der Waals surface area contributed by atoms with Gasteiger partial charge in [-0.15, -0.1) is 5.11 Å². The zero-order valence-electron chi connectivity index (χ0n) is 17.2. The first-order valence-corrected chi connectivity index (χ1v) is 9.59. The van der Waals surface area contributed by atoms with E-state index in [4.69, 9.17) is 4.74 Å². The predicted octanol–water partition coefficient (Wildman–Crippen LogP) is -3.74. The maximum Gasteiger partial charge on any atom is 1.00 e. The average molecular weight is 460 g/mol. The van der Waals surface area contributed by atoms with Crippen LogP contribution in [0.3, 0.4) is 0 Å². The second-order valence-electron chi connectivity index (χ2n) is 6.08. The van der Waals surface area contributed by atoms with Gasteiger partial charge in [0.2, 0.25) is 0 Å². The molecule has 0 unspecified atom stereocenters. The van der Waals surface area contributed by atoms with E-state index in [1.807, 2.05) is 0 Å². The molecule has 0 aliphatic heterocycles. The molecule has 1 N–H and O–H groups in total. The Morgan fingerprint density at radius 3 is 2.32 bits per heavy atom. The third-order valence-electron chi connectivity index (χ3n) is 4.21. The zero-order valence-corrected chi connectivity index (χ0v) is 22.1. The molecule has 0 amide bonds. The van der Waals surface area contributed by atoms with E-state index in [1.54, 1.807) is 24.3 Å². The molecule has 0 aliphatic carbocycles. The van der Waals surface area contributed by atoms with Crippen molar-refractivity contribution in [2.24, 2.45) is 10.2 Å². The number of hydrogen-bond donors (Lipinski definition) is 1. The van der Waals surface area contributed by atoms with E-state index in [9.17, 15) is 28.0 Å². The number of carbonyl (C=O) groups is 1. The molecule has 0 fully saturated rings. The number of aromatic carboxylic acids is 1. The standard InChI is InChI=1S/C19H16N2O7S.2Na/c1-10-7-14(15(28-2)9-16(10)29(25,26)27)20-21-17-12-6-4-3-5-11(12)8-13(18(17)22)19(23)24;;/h3-9,22H,1-2H3,(H,23,24)(H,25,26,27);;/q;2*+1/p-2. The van der Waals surface area contributed by atoms with Crippen molar-refractivity contribution >= 4 is 38.2 Å². The molecule has 3 aromatic carbocycles. The van der Waals surface area contributed by atoms with Gasteiger partial charge < -0.3 is 19.7 Å². The Morgan fingerprint density at radius 2 is 1.74 bits per heavy atom. The van der Waals surface area contributed by atoms with Crippen molar-refractivity contribution in [1.29, 1.82) is 0 Å². The molecule has 0 radical (unpaired) electrons. The number of carbonyl (C=O) groups excluding carboxylic acids is 1. The minimum absolute atomic E-state index is 0. The van der Waals surface area contributed by atoms with E-state index in [0.29, 0.717) is 10.8 Å². The summed E-state index contributed by atoms with van der Waals surface area (Å²) in [6, 6.07) is 10.1. The van der Waals surface area contributed by atoms with E-state index in [2.05, 4.69) is 10.2 Å². The predicted molar refractivity (Wildman–Crippen MR) is 99.4 cm³/mol. The molecule has 150 valence electrons. The molecule has 3 rings (SSSR count). The van der Waals surface area contributed by atoms with E-state index in [0.717, 1.165) is 6.07 Å². The van der Waals surface area contributed by atoms with Gasteiger partial charge in [0.05, 0.1) is 18.8 Å². The number of fused-ring (bicyclic) bond motifs is 1. The molecule has 9 nitrogen and oxygen atoms in total. The fourth-order valence-electron chi connectivity index (χ4n) is 2.84. The van der Waals surface area contributed by atoms with E-state index in [1.165, 1.54) is 26.2 Å². The SMILES string of the molecule is COc1cc(S(=O)(=O)O)c(C)cc1N=Nc1c([O-])c(C(=O)[O-])cc2ccccc12.[Na+].[Na+]. The number of hydrogen-bond acceptors (Lipinski definition) is 8. The van der Waals surface area contributed by atoms with E-state index < -0.39 is 27.4 Å². The molecular weight excluding hydrogens is 446 g/mol. The van der Waals surface area contributed by atoms with Gasteiger partial charge in [0.1, 0.15) is 16.3 Å². The molecule has 31 heavy (non-hydrogen) atoms. The molecule has 0 heterocycles. The number of azo groups is 1. The van der Waals surface area contributed by atoms with Crippen LogP contribution in [0.25, 0.3) is 10.8 Å². The molecule has 3 aromatic rings. The number of methoxy groups -OCH3 is 1. The van der Waals surface area contributed by atoms with Gasteiger partial charge in [-0.2, -0.15) is 13.5 Å². The Bertz CT molecular complexity index is 1280. The number of carboxylic acid groups (broad SMARTS) is 1. The molecule has 0 aliphatic rings. The number of nitrogens with zero attached hydrogens (tertiary/aromatic N) is 2. The molecule has 0 saturated carbocycles. The van der Waals surface area contributed by atoms with Gasteiger partial charge in [-0.05, 0) is 35.6 Å². The molecule has 0 aromatic heterocycles. The molecular formula is C19H14N2Na2O7S. The zero-order chi connectivity index (χ0) is 21.3. The third kappa shape index (κ3) is 5.85. The summed E-state index contributed by atoms with van der Waals surface area (Å²) in [7, 11) is -3.21. The second kappa shape index (κ2) is 10.9. The Kier molecular flexibility index (Phi) is 9.67. The van der Waals surface area contributed by atoms with Gasteiger partial charge in [-0.3, -0.25) is 4.55 Å². The van der Waals surface area contributed by atoms with Crippen molar-refractivity contribution in [3.8, 4) is 11.5 Å². The van der Waals surface area contributed by atoms with Crippen LogP contribution in [0, 0.1) is 6.92 Å². The molecule has 0 saturated heterocycles. The fourth-order valence-corrected chi connectivity index (χ4v) is 3.56. The summed E-state index contributed by atoms with van der Waals surface area (Å²) < 4.78 is 37.3. The fraction of sp³-hybridized carbons (Fsp3) is 0.105. The summed E-state index contributed by atoms with van der Waals surface area (Å²) in [5.41, 5.74) is -0.499. The summed E-state index contributed by atoms with van der Waals surface area (Å²) in [5.74, 6) is -2.51. The number of ether oxygens (including phenoxy) is 1. The summed E-state index contributed by atoms with van der Waals surface area (Å²) in [6.45, 7) is 1.44.